The minimum absolute atomic E-state index is 0.189. The molecule has 0 unspecified atom stereocenters. The van der Waals surface area contributed by atoms with Crippen molar-refractivity contribution in [3.8, 4) is 0 Å². The lowest BCUT2D eigenvalue weighted by Gasteiger charge is -2.16. The van der Waals surface area contributed by atoms with Gasteiger partial charge in [-0.25, -0.2) is 8.42 Å². The molecule has 0 heterocycles. The van der Waals surface area contributed by atoms with Gasteiger partial charge < -0.3 is 5.11 Å². The van der Waals surface area contributed by atoms with Crippen LogP contribution in [0.2, 0.25) is 0 Å². The van der Waals surface area contributed by atoms with E-state index in [9.17, 15) is 8.42 Å². The van der Waals surface area contributed by atoms with Gasteiger partial charge in [-0.1, -0.05) is 6.07 Å². The molecular weight excluding hydrogens is 224 g/mol. The number of benzene rings is 1. The van der Waals surface area contributed by atoms with Crippen molar-refractivity contribution in [2.24, 2.45) is 0 Å². The Morgan fingerprint density at radius 3 is 2.50 bits per heavy atom. The zero-order valence-electron chi connectivity index (χ0n) is 9.15. The maximum absolute atomic E-state index is 11.8. The number of hydrogen-bond acceptors (Lipinski definition) is 3. The SMILES string of the molecule is O=S(=O)(CCO)c1ccc2c(c1)CCCC2. The molecule has 0 radical (unpaired) electrons. The summed E-state index contributed by atoms with van der Waals surface area (Å²) in [4.78, 5) is 0.349. The molecule has 1 aromatic carbocycles. The highest BCUT2D eigenvalue weighted by Gasteiger charge is 2.17. The first kappa shape index (κ1) is 11.6. The van der Waals surface area contributed by atoms with Crippen LogP contribution >= 0.6 is 0 Å². The van der Waals surface area contributed by atoms with E-state index in [4.69, 9.17) is 5.11 Å². The van der Waals surface area contributed by atoms with Crippen molar-refractivity contribution in [3.63, 3.8) is 0 Å². The molecule has 1 aliphatic carbocycles. The van der Waals surface area contributed by atoms with Gasteiger partial charge in [0.1, 0.15) is 0 Å². The van der Waals surface area contributed by atoms with Crippen LogP contribution in [0.15, 0.2) is 23.1 Å². The number of fused-ring (bicyclic) bond motifs is 1. The van der Waals surface area contributed by atoms with E-state index < -0.39 is 9.84 Å². The van der Waals surface area contributed by atoms with Gasteiger partial charge in [0.25, 0.3) is 0 Å². The van der Waals surface area contributed by atoms with E-state index in [1.54, 1.807) is 12.1 Å². The second kappa shape index (κ2) is 4.55. The third-order valence-electron chi connectivity index (χ3n) is 3.04. The van der Waals surface area contributed by atoms with Gasteiger partial charge >= 0.3 is 0 Å². The van der Waals surface area contributed by atoms with E-state index in [-0.39, 0.29) is 12.4 Å². The largest absolute Gasteiger partial charge is 0.395 e. The lowest BCUT2D eigenvalue weighted by molar-refractivity contribution is 0.319. The van der Waals surface area contributed by atoms with Gasteiger partial charge in [-0.05, 0) is 48.9 Å². The van der Waals surface area contributed by atoms with Gasteiger partial charge in [0, 0.05) is 0 Å². The first-order chi connectivity index (χ1) is 7.63. The van der Waals surface area contributed by atoms with Crippen molar-refractivity contribution in [3.05, 3.63) is 29.3 Å². The predicted molar refractivity (Wildman–Crippen MR) is 62.2 cm³/mol. The summed E-state index contributed by atoms with van der Waals surface area (Å²) in [6, 6.07) is 5.35. The third-order valence-corrected chi connectivity index (χ3v) is 4.73. The number of hydrogen-bond donors (Lipinski definition) is 1. The molecule has 0 saturated heterocycles. The van der Waals surface area contributed by atoms with Gasteiger partial charge in [0.15, 0.2) is 9.84 Å². The monoisotopic (exact) mass is 240 g/mol. The maximum atomic E-state index is 11.8. The van der Waals surface area contributed by atoms with Crippen molar-refractivity contribution in [1.82, 2.24) is 0 Å². The molecule has 0 atom stereocenters. The second-order valence-electron chi connectivity index (χ2n) is 4.18. The molecule has 2 rings (SSSR count). The number of aliphatic hydroxyl groups excluding tert-OH is 1. The van der Waals surface area contributed by atoms with E-state index in [0.717, 1.165) is 24.8 Å². The number of aryl methyl sites for hydroxylation is 2. The smallest absolute Gasteiger partial charge is 0.180 e. The lowest BCUT2D eigenvalue weighted by atomic mass is 9.92. The summed E-state index contributed by atoms with van der Waals surface area (Å²) < 4.78 is 23.5. The summed E-state index contributed by atoms with van der Waals surface area (Å²) in [5, 5.41) is 8.72. The minimum Gasteiger partial charge on any atom is -0.395 e. The van der Waals surface area contributed by atoms with Gasteiger partial charge in [0.2, 0.25) is 0 Å². The Labute approximate surface area is 96.0 Å². The molecule has 0 aromatic heterocycles. The molecule has 1 aromatic rings. The molecule has 3 nitrogen and oxygen atoms in total. The Morgan fingerprint density at radius 2 is 1.81 bits per heavy atom. The van der Waals surface area contributed by atoms with Crippen LogP contribution in [0.25, 0.3) is 0 Å². The summed E-state index contributed by atoms with van der Waals surface area (Å²) in [5.74, 6) is -0.189. The van der Waals surface area contributed by atoms with E-state index in [1.165, 1.54) is 12.0 Å². The summed E-state index contributed by atoms with van der Waals surface area (Å²) in [6.45, 7) is -0.320. The highest BCUT2D eigenvalue weighted by Crippen LogP contribution is 2.24. The first-order valence-corrected chi connectivity index (χ1v) is 7.24. The summed E-state index contributed by atoms with van der Waals surface area (Å²) in [6.07, 6.45) is 4.35. The quantitative estimate of drug-likeness (QED) is 0.867. The van der Waals surface area contributed by atoms with E-state index in [0.29, 0.717) is 4.90 Å². The van der Waals surface area contributed by atoms with Crippen molar-refractivity contribution in [1.29, 1.82) is 0 Å². The summed E-state index contributed by atoms with van der Waals surface area (Å²) in [5.41, 5.74) is 2.43. The van der Waals surface area contributed by atoms with Gasteiger partial charge in [0.05, 0.1) is 17.3 Å². The van der Waals surface area contributed by atoms with Crippen molar-refractivity contribution in [2.45, 2.75) is 30.6 Å². The standard InChI is InChI=1S/C12H16O3S/c13-7-8-16(14,15)12-6-5-10-3-1-2-4-11(10)9-12/h5-6,9,13H,1-4,7-8H2. The molecular formula is C12H16O3S. The average Bonchev–Trinajstić information content (AvgIpc) is 2.28. The Hall–Kier alpha value is -0.870. The Bertz CT molecular complexity index is 477. The lowest BCUT2D eigenvalue weighted by Crippen LogP contribution is -2.12. The molecule has 0 amide bonds. The van der Waals surface area contributed by atoms with Crippen LogP contribution < -0.4 is 0 Å². The van der Waals surface area contributed by atoms with Crippen LogP contribution in [0.3, 0.4) is 0 Å². The van der Waals surface area contributed by atoms with Crippen LogP contribution in [-0.2, 0) is 22.7 Å². The maximum Gasteiger partial charge on any atom is 0.180 e. The molecule has 0 bridgehead atoms. The van der Waals surface area contributed by atoms with Crippen LogP contribution in [0.5, 0.6) is 0 Å². The molecule has 1 aliphatic rings. The average molecular weight is 240 g/mol. The summed E-state index contributed by atoms with van der Waals surface area (Å²) in [7, 11) is -3.29. The highest BCUT2D eigenvalue weighted by atomic mass is 32.2. The zero-order chi connectivity index (χ0) is 11.6. The third kappa shape index (κ3) is 2.28. The molecule has 4 heteroatoms. The fourth-order valence-corrected chi connectivity index (χ4v) is 3.21. The molecule has 0 aliphatic heterocycles. The Kier molecular flexibility index (Phi) is 3.30. The molecule has 16 heavy (non-hydrogen) atoms. The fourth-order valence-electron chi connectivity index (χ4n) is 2.14. The van der Waals surface area contributed by atoms with Crippen LogP contribution in [0, 0.1) is 0 Å². The van der Waals surface area contributed by atoms with Gasteiger partial charge in [-0.2, -0.15) is 0 Å². The molecule has 0 saturated carbocycles. The van der Waals surface area contributed by atoms with Gasteiger partial charge in [-0.3, -0.25) is 0 Å². The first-order valence-electron chi connectivity index (χ1n) is 5.59. The number of rotatable bonds is 3. The van der Waals surface area contributed by atoms with Gasteiger partial charge in [-0.15, -0.1) is 0 Å². The normalized spacial score (nSPS) is 15.8. The fraction of sp³-hybridized carbons (Fsp3) is 0.500. The highest BCUT2D eigenvalue weighted by molar-refractivity contribution is 7.91. The van der Waals surface area contributed by atoms with E-state index >= 15 is 0 Å². The number of aliphatic hydroxyl groups is 1. The van der Waals surface area contributed by atoms with Crippen molar-refractivity contribution < 1.29 is 13.5 Å². The molecule has 1 N–H and O–H groups in total. The zero-order valence-corrected chi connectivity index (χ0v) is 9.96. The van der Waals surface area contributed by atoms with Crippen LogP contribution in [0.1, 0.15) is 24.0 Å². The van der Waals surface area contributed by atoms with E-state index in [2.05, 4.69) is 0 Å². The topological polar surface area (TPSA) is 54.4 Å². The van der Waals surface area contributed by atoms with E-state index in [1.807, 2.05) is 6.07 Å². The Morgan fingerprint density at radius 1 is 1.12 bits per heavy atom. The predicted octanol–water partition coefficient (Wildman–Crippen LogP) is 1.33. The number of sulfone groups is 1. The minimum atomic E-state index is -3.29. The molecule has 88 valence electrons. The molecule has 0 fully saturated rings. The second-order valence-corrected chi connectivity index (χ2v) is 6.29. The van der Waals surface area contributed by atoms with Crippen molar-refractivity contribution >= 4 is 9.84 Å². The Balaban J connectivity index is 2.37. The van der Waals surface area contributed by atoms with Crippen LogP contribution in [-0.4, -0.2) is 25.9 Å². The molecule has 0 spiro atoms. The summed E-state index contributed by atoms with van der Waals surface area (Å²) >= 11 is 0. The van der Waals surface area contributed by atoms with Crippen LogP contribution in [0.4, 0.5) is 0 Å². The van der Waals surface area contributed by atoms with Crippen molar-refractivity contribution in [2.75, 3.05) is 12.4 Å².